The van der Waals surface area contributed by atoms with E-state index in [1.54, 1.807) is 0 Å². The molecule has 0 aromatic heterocycles. The third-order valence-electron chi connectivity index (χ3n) is 3.07. The van der Waals surface area contributed by atoms with E-state index >= 15 is 0 Å². The molecule has 1 fully saturated rings. The van der Waals surface area contributed by atoms with Crippen LogP contribution >= 0.6 is 0 Å². The topological polar surface area (TPSA) is 59.0 Å². The van der Waals surface area contributed by atoms with E-state index in [9.17, 15) is 4.39 Å². The van der Waals surface area contributed by atoms with Gasteiger partial charge in [-0.1, -0.05) is 0 Å². The summed E-state index contributed by atoms with van der Waals surface area (Å²) in [7, 11) is 0. The van der Waals surface area contributed by atoms with Crippen molar-refractivity contribution in [1.82, 2.24) is 0 Å². The van der Waals surface area contributed by atoms with Crippen LogP contribution in [0.3, 0.4) is 0 Å². The van der Waals surface area contributed by atoms with Crippen LogP contribution in [0.25, 0.3) is 0 Å². The Balaban J connectivity index is 2.06. The Morgan fingerprint density at radius 3 is 2.65 bits per heavy atom. The van der Waals surface area contributed by atoms with Crippen LogP contribution in [-0.2, 0) is 0 Å². The maximum Gasteiger partial charge on any atom is 0.137 e. The smallest absolute Gasteiger partial charge is 0.137 e. The zero-order valence-corrected chi connectivity index (χ0v) is 9.53. The van der Waals surface area contributed by atoms with Gasteiger partial charge in [-0.3, -0.25) is 0 Å². The van der Waals surface area contributed by atoms with Crippen molar-refractivity contribution in [2.45, 2.75) is 37.8 Å². The van der Waals surface area contributed by atoms with Crippen molar-refractivity contribution in [2.24, 2.45) is 5.73 Å². The van der Waals surface area contributed by atoms with Gasteiger partial charge in [0.1, 0.15) is 17.6 Å². The van der Waals surface area contributed by atoms with Gasteiger partial charge in [-0.05, 0) is 43.9 Å². The van der Waals surface area contributed by atoms with Crippen molar-refractivity contribution in [3.63, 3.8) is 0 Å². The molecule has 0 unspecified atom stereocenters. The van der Waals surface area contributed by atoms with Crippen molar-refractivity contribution >= 4 is 0 Å². The summed E-state index contributed by atoms with van der Waals surface area (Å²) in [5.74, 6) is 0.0499. The Morgan fingerprint density at radius 1 is 1.29 bits per heavy atom. The second-order valence-corrected chi connectivity index (χ2v) is 4.41. The first-order valence-electron chi connectivity index (χ1n) is 5.81. The molecule has 3 nitrogen and oxygen atoms in total. The largest absolute Gasteiger partial charge is 0.489 e. The van der Waals surface area contributed by atoms with Gasteiger partial charge in [-0.15, -0.1) is 0 Å². The van der Waals surface area contributed by atoms with E-state index in [0.717, 1.165) is 25.7 Å². The minimum absolute atomic E-state index is 0.0901. The van der Waals surface area contributed by atoms with E-state index < -0.39 is 5.82 Å². The fraction of sp³-hybridized carbons (Fsp3) is 0.462. The highest BCUT2D eigenvalue weighted by molar-refractivity contribution is 5.43. The van der Waals surface area contributed by atoms with Crippen LogP contribution in [0.2, 0.25) is 0 Å². The van der Waals surface area contributed by atoms with Gasteiger partial charge in [-0.2, -0.15) is 5.26 Å². The number of nitrogens with two attached hydrogens (primary N) is 1. The molecule has 1 aromatic rings. The number of hydrogen-bond donors (Lipinski definition) is 1. The molecule has 1 saturated carbocycles. The van der Waals surface area contributed by atoms with Crippen LogP contribution in [0.1, 0.15) is 31.2 Å². The Kier molecular flexibility index (Phi) is 3.60. The highest BCUT2D eigenvalue weighted by Crippen LogP contribution is 2.25. The second kappa shape index (κ2) is 5.15. The standard InChI is InChI=1S/C13H15FN2O/c14-10-1-6-13(9(7-10)8-15)17-12-4-2-11(16)3-5-12/h1,6-7,11-12H,2-5,16H2. The molecule has 0 radical (unpaired) electrons. The molecule has 0 amide bonds. The van der Waals surface area contributed by atoms with E-state index in [4.69, 9.17) is 15.7 Å². The van der Waals surface area contributed by atoms with E-state index in [1.165, 1.54) is 18.2 Å². The Labute approximate surface area is 100.0 Å². The van der Waals surface area contributed by atoms with Crippen LogP contribution in [0.15, 0.2) is 18.2 Å². The molecule has 4 heteroatoms. The molecule has 2 N–H and O–H groups in total. The third-order valence-corrected chi connectivity index (χ3v) is 3.07. The maximum absolute atomic E-state index is 12.9. The second-order valence-electron chi connectivity index (χ2n) is 4.41. The fourth-order valence-electron chi connectivity index (χ4n) is 2.08. The summed E-state index contributed by atoms with van der Waals surface area (Å²) < 4.78 is 18.7. The van der Waals surface area contributed by atoms with Gasteiger partial charge in [0.15, 0.2) is 0 Å². The molecule has 1 aliphatic carbocycles. The molecular formula is C13H15FN2O. The predicted octanol–water partition coefficient (Wildman–Crippen LogP) is 2.35. The normalized spacial score (nSPS) is 24.1. The lowest BCUT2D eigenvalue weighted by Crippen LogP contribution is -2.31. The Bertz CT molecular complexity index is 434. The maximum atomic E-state index is 12.9. The number of rotatable bonds is 2. The zero-order valence-electron chi connectivity index (χ0n) is 9.53. The quantitative estimate of drug-likeness (QED) is 0.854. The van der Waals surface area contributed by atoms with Gasteiger partial charge in [0, 0.05) is 6.04 Å². The van der Waals surface area contributed by atoms with Gasteiger partial charge < -0.3 is 10.5 Å². The first kappa shape index (κ1) is 11.9. The summed E-state index contributed by atoms with van der Waals surface area (Å²) in [6, 6.07) is 6.23. The van der Waals surface area contributed by atoms with Gasteiger partial charge in [0.25, 0.3) is 0 Å². The molecule has 0 heterocycles. The summed E-state index contributed by atoms with van der Waals surface area (Å²) in [6.07, 6.45) is 3.75. The van der Waals surface area contributed by atoms with E-state index in [-0.39, 0.29) is 17.7 Å². The highest BCUT2D eigenvalue weighted by Gasteiger charge is 2.20. The van der Waals surface area contributed by atoms with Gasteiger partial charge in [0.05, 0.1) is 11.7 Å². The van der Waals surface area contributed by atoms with Crippen LogP contribution < -0.4 is 10.5 Å². The van der Waals surface area contributed by atoms with Crippen molar-refractivity contribution in [3.8, 4) is 11.8 Å². The lowest BCUT2D eigenvalue weighted by molar-refractivity contribution is 0.146. The summed E-state index contributed by atoms with van der Waals surface area (Å²) in [4.78, 5) is 0. The monoisotopic (exact) mass is 234 g/mol. The minimum Gasteiger partial charge on any atom is -0.489 e. The van der Waals surface area contributed by atoms with E-state index in [1.807, 2.05) is 6.07 Å². The molecule has 0 atom stereocenters. The number of nitrogens with zero attached hydrogens (tertiary/aromatic N) is 1. The van der Waals surface area contributed by atoms with Gasteiger partial charge in [-0.25, -0.2) is 4.39 Å². The van der Waals surface area contributed by atoms with Crippen molar-refractivity contribution in [2.75, 3.05) is 0 Å². The number of benzene rings is 1. The molecule has 0 spiro atoms. The number of halogens is 1. The molecule has 0 bridgehead atoms. The van der Waals surface area contributed by atoms with Crippen molar-refractivity contribution in [3.05, 3.63) is 29.6 Å². The van der Waals surface area contributed by atoms with Crippen LogP contribution in [0.5, 0.6) is 5.75 Å². The third kappa shape index (κ3) is 2.95. The molecule has 90 valence electrons. The first-order valence-corrected chi connectivity index (χ1v) is 5.81. The molecular weight excluding hydrogens is 219 g/mol. The lowest BCUT2D eigenvalue weighted by Gasteiger charge is -2.27. The molecule has 0 aliphatic heterocycles. The number of nitriles is 1. The van der Waals surface area contributed by atoms with Crippen LogP contribution in [0.4, 0.5) is 4.39 Å². The molecule has 1 aromatic carbocycles. The molecule has 2 rings (SSSR count). The average Bonchev–Trinajstić information content (AvgIpc) is 2.34. The summed E-state index contributed by atoms with van der Waals surface area (Å²) >= 11 is 0. The van der Waals surface area contributed by atoms with Crippen LogP contribution in [0, 0.1) is 17.1 Å². The zero-order chi connectivity index (χ0) is 12.3. The van der Waals surface area contributed by atoms with E-state index in [2.05, 4.69) is 0 Å². The minimum atomic E-state index is -0.417. The summed E-state index contributed by atoms with van der Waals surface area (Å²) in [5, 5.41) is 8.90. The number of ether oxygens (including phenoxy) is 1. The van der Waals surface area contributed by atoms with Gasteiger partial charge >= 0.3 is 0 Å². The Hall–Kier alpha value is -1.60. The Morgan fingerprint density at radius 2 is 2.00 bits per heavy atom. The molecule has 0 saturated heterocycles. The number of hydrogen-bond acceptors (Lipinski definition) is 3. The fourth-order valence-corrected chi connectivity index (χ4v) is 2.08. The average molecular weight is 234 g/mol. The highest BCUT2D eigenvalue weighted by atomic mass is 19.1. The summed E-state index contributed by atoms with van der Waals surface area (Å²) in [5.41, 5.74) is 6.06. The van der Waals surface area contributed by atoms with Gasteiger partial charge in [0.2, 0.25) is 0 Å². The summed E-state index contributed by atoms with van der Waals surface area (Å²) in [6.45, 7) is 0. The lowest BCUT2D eigenvalue weighted by atomic mass is 9.93. The first-order chi connectivity index (χ1) is 8.19. The predicted molar refractivity (Wildman–Crippen MR) is 62.0 cm³/mol. The van der Waals surface area contributed by atoms with Crippen LogP contribution in [-0.4, -0.2) is 12.1 Å². The molecule has 17 heavy (non-hydrogen) atoms. The molecule has 1 aliphatic rings. The van der Waals surface area contributed by atoms with Crippen molar-refractivity contribution in [1.29, 1.82) is 5.26 Å². The van der Waals surface area contributed by atoms with Crippen molar-refractivity contribution < 1.29 is 9.13 Å². The van der Waals surface area contributed by atoms with E-state index in [0.29, 0.717) is 5.75 Å². The SMILES string of the molecule is N#Cc1cc(F)ccc1OC1CCC(N)CC1.